The number of nitrogens with one attached hydrogen (secondary N) is 1. The molecule has 0 bridgehead atoms. The van der Waals surface area contributed by atoms with Crippen LogP contribution < -0.4 is 0 Å². The highest BCUT2D eigenvalue weighted by molar-refractivity contribution is 5.21. The summed E-state index contributed by atoms with van der Waals surface area (Å²) in [6.45, 7) is 4.79. The molecular weight excluding hydrogens is 196 g/mol. The van der Waals surface area contributed by atoms with Gasteiger partial charge in [0.25, 0.3) is 0 Å². The number of H-pyrrole nitrogens is 1. The fourth-order valence-electron chi connectivity index (χ4n) is 3.47. The average Bonchev–Trinajstić information content (AvgIpc) is 2.79. The molecule has 0 saturated heterocycles. The molecule has 0 amide bonds. The fraction of sp³-hybridized carbons (Fsp3) is 0.786. The first-order valence-electron chi connectivity index (χ1n) is 6.74. The van der Waals surface area contributed by atoms with Crippen molar-refractivity contribution < 1.29 is 0 Å². The molecule has 1 saturated carbocycles. The first-order chi connectivity index (χ1) is 7.67. The van der Waals surface area contributed by atoms with Gasteiger partial charge in [0.2, 0.25) is 0 Å². The highest BCUT2D eigenvalue weighted by Crippen LogP contribution is 2.48. The molecule has 1 atom stereocenters. The van der Waals surface area contributed by atoms with Crippen LogP contribution in [0.4, 0.5) is 0 Å². The zero-order chi connectivity index (χ0) is 11.2. The van der Waals surface area contributed by atoms with Crippen LogP contribution in [0.25, 0.3) is 0 Å². The number of fused-ring (bicyclic) bond motifs is 1. The van der Waals surface area contributed by atoms with Gasteiger partial charge in [-0.15, -0.1) is 0 Å². The van der Waals surface area contributed by atoms with E-state index >= 15 is 0 Å². The van der Waals surface area contributed by atoms with E-state index in [0.29, 0.717) is 11.3 Å². The summed E-state index contributed by atoms with van der Waals surface area (Å²) in [6, 6.07) is 0. The molecule has 1 aromatic heterocycles. The molecule has 2 heteroatoms. The Morgan fingerprint density at radius 2 is 2.00 bits per heavy atom. The predicted molar refractivity (Wildman–Crippen MR) is 65.6 cm³/mol. The topological polar surface area (TPSA) is 28.7 Å². The van der Waals surface area contributed by atoms with Gasteiger partial charge in [-0.25, -0.2) is 4.98 Å². The number of nitrogens with zero attached hydrogens (tertiary/aromatic N) is 1. The summed E-state index contributed by atoms with van der Waals surface area (Å²) >= 11 is 0. The normalized spacial score (nSPS) is 28.0. The third-order valence-corrected chi connectivity index (χ3v) is 4.56. The minimum Gasteiger partial charge on any atom is -0.345 e. The lowest BCUT2D eigenvalue weighted by Gasteiger charge is -2.25. The molecule has 3 rings (SSSR count). The van der Waals surface area contributed by atoms with Crippen LogP contribution in [0.15, 0.2) is 0 Å². The van der Waals surface area contributed by atoms with Crippen LogP contribution in [-0.2, 0) is 12.8 Å². The summed E-state index contributed by atoms with van der Waals surface area (Å²) in [5, 5.41) is 0. The average molecular weight is 218 g/mol. The maximum atomic E-state index is 4.87. The zero-order valence-corrected chi connectivity index (χ0v) is 10.5. The summed E-state index contributed by atoms with van der Waals surface area (Å²) in [4.78, 5) is 8.49. The van der Waals surface area contributed by atoms with E-state index in [0.717, 1.165) is 0 Å². The molecule has 2 nitrogen and oxygen atoms in total. The maximum Gasteiger partial charge on any atom is 0.110 e. The van der Waals surface area contributed by atoms with Crippen LogP contribution in [0.5, 0.6) is 0 Å². The highest BCUT2D eigenvalue weighted by atomic mass is 15.0. The minimum absolute atomic E-state index is 0.445. The van der Waals surface area contributed by atoms with E-state index in [9.17, 15) is 0 Å². The first kappa shape index (κ1) is 10.4. The summed E-state index contributed by atoms with van der Waals surface area (Å²) in [5.41, 5.74) is 3.24. The largest absolute Gasteiger partial charge is 0.345 e. The quantitative estimate of drug-likeness (QED) is 0.766. The monoisotopic (exact) mass is 218 g/mol. The molecule has 1 unspecified atom stereocenters. The van der Waals surface area contributed by atoms with Gasteiger partial charge in [0, 0.05) is 11.6 Å². The van der Waals surface area contributed by atoms with Crippen molar-refractivity contribution in [1.29, 1.82) is 0 Å². The summed E-state index contributed by atoms with van der Waals surface area (Å²) < 4.78 is 0. The summed E-state index contributed by atoms with van der Waals surface area (Å²) in [5.74, 6) is 1.95. The third kappa shape index (κ3) is 1.59. The molecule has 1 N–H and O–H groups in total. The lowest BCUT2D eigenvalue weighted by atomic mass is 9.81. The van der Waals surface area contributed by atoms with Crippen molar-refractivity contribution in [3.8, 4) is 0 Å². The van der Waals surface area contributed by atoms with E-state index in [1.165, 1.54) is 62.2 Å². The van der Waals surface area contributed by atoms with Crippen LogP contribution in [0.3, 0.4) is 0 Å². The van der Waals surface area contributed by atoms with Crippen molar-refractivity contribution in [2.24, 2.45) is 5.41 Å². The van der Waals surface area contributed by atoms with Gasteiger partial charge in [-0.05, 0) is 43.9 Å². The lowest BCUT2D eigenvalue weighted by molar-refractivity contribution is 0.323. The van der Waals surface area contributed by atoms with Gasteiger partial charge in [0.05, 0.1) is 5.69 Å². The van der Waals surface area contributed by atoms with Crippen LogP contribution in [0, 0.1) is 5.41 Å². The Morgan fingerprint density at radius 3 is 2.69 bits per heavy atom. The predicted octanol–water partition coefficient (Wildman–Crippen LogP) is 3.58. The molecule has 0 radical (unpaired) electrons. The number of rotatable bonds is 1. The van der Waals surface area contributed by atoms with E-state index in [4.69, 9.17) is 4.98 Å². The smallest absolute Gasteiger partial charge is 0.110 e. The number of aromatic nitrogens is 2. The number of hydrogen-bond acceptors (Lipinski definition) is 1. The van der Waals surface area contributed by atoms with Crippen molar-refractivity contribution in [2.75, 3.05) is 0 Å². The summed E-state index contributed by atoms with van der Waals surface area (Å²) in [7, 11) is 0. The standard InChI is InChI=1S/C14H22N2/c1-14(2)9-5-6-10(14)13-15-11-7-3-4-8-12(11)16-13/h10H,3-9H2,1-2H3,(H,15,16). The second kappa shape index (κ2) is 3.61. The van der Waals surface area contributed by atoms with E-state index < -0.39 is 0 Å². The number of hydrogen-bond donors (Lipinski definition) is 1. The molecular formula is C14H22N2. The molecule has 1 fully saturated rings. The Bertz CT molecular complexity index is 366. The molecule has 0 aromatic carbocycles. The van der Waals surface area contributed by atoms with Crippen molar-refractivity contribution in [3.05, 3.63) is 17.2 Å². The van der Waals surface area contributed by atoms with E-state index in [1.807, 2.05) is 0 Å². The molecule has 0 aliphatic heterocycles. The second-order valence-electron chi connectivity index (χ2n) is 6.19. The van der Waals surface area contributed by atoms with Gasteiger partial charge in [-0.1, -0.05) is 20.3 Å². The lowest BCUT2D eigenvalue weighted by Crippen LogP contribution is -2.16. The highest BCUT2D eigenvalue weighted by Gasteiger charge is 2.37. The Kier molecular flexibility index (Phi) is 2.34. The Hall–Kier alpha value is -0.790. The van der Waals surface area contributed by atoms with Crippen molar-refractivity contribution in [1.82, 2.24) is 9.97 Å². The van der Waals surface area contributed by atoms with Gasteiger partial charge in [-0.2, -0.15) is 0 Å². The molecule has 16 heavy (non-hydrogen) atoms. The Labute approximate surface area is 97.9 Å². The van der Waals surface area contributed by atoms with Gasteiger partial charge in [-0.3, -0.25) is 0 Å². The van der Waals surface area contributed by atoms with Crippen LogP contribution >= 0.6 is 0 Å². The van der Waals surface area contributed by atoms with Crippen LogP contribution in [-0.4, -0.2) is 9.97 Å². The molecule has 2 aliphatic rings. The Balaban J connectivity index is 1.92. The zero-order valence-electron chi connectivity index (χ0n) is 10.5. The van der Waals surface area contributed by atoms with Gasteiger partial charge >= 0.3 is 0 Å². The molecule has 1 heterocycles. The number of imidazole rings is 1. The van der Waals surface area contributed by atoms with E-state index in [-0.39, 0.29) is 0 Å². The minimum atomic E-state index is 0.445. The molecule has 88 valence electrons. The van der Waals surface area contributed by atoms with Crippen LogP contribution in [0.1, 0.15) is 69.1 Å². The summed E-state index contributed by atoms with van der Waals surface area (Å²) in [6.07, 6.45) is 9.11. The van der Waals surface area contributed by atoms with E-state index in [1.54, 1.807) is 0 Å². The first-order valence-corrected chi connectivity index (χ1v) is 6.74. The SMILES string of the molecule is CC1(C)CCCC1c1nc2c([nH]1)CCCC2. The number of aromatic amines is 1. The van der Waals surface area contributed by atoms with Crippen molar-refractivity contribution in [2.45, 2.75) is 64.7 Å². The molecule has 1 aromatic rings. The van der Waals surface area contributed by atoms with Gasteiger partial charge in [0.1, 0.15) is 5.82 Å². The van der Waals surface area contributed by atoms with E-state index in [2.05, 4.69) is 18.8 Å². The Morgan fingerprint density at radius 1 is 1.19 bits per heavy atom. The molecule has 0 spiro atoms. The second-order valence-corrected chi connectivity index (χ2v) is 6.19. The van der Waals surface area contributed by atoms with Crippen molar-refractivity contribution >= 4 is 0 Å². The maximum absolute atomic E-state index is 4.87. The fourth-order valence-corrected chi connectivity index (χ4v) is 3.47. The van der Waals surface area contributed by atoms with Gasteiger partial charge in [0.15, 0.2) is 0 Å². The van der Waals surface area contributed by atoms with Gasteiger partial charge < -0.3 is 4.98 Å². The number of aryl methyl sites for hydroxylation is 2. The molecule has 2 aliphatic carbocycles. The van der Waals surface area contributed by atoms with Crippen molar-refractivity contribution in [3.63, 3.8) is 0 Å². The third-order valence-electron chi connectivity index (χ3n) is 4.56. The van der Waals surface area contributed by atoms with Crippen LogP contribution in [0.2, 0.25) is 0 Å².